The Bertz CT molecular complexity index is 1020. The SMILES string of the molecule is NC(=O)c1cnc(Nc2cccc3c2OCC3)nc1Nc1ccccc1Br. The molecular weight excluding hydrogens is 410 g/mol. The van der Waals surface area contributed by atoms with E-state index >= 15 is 0 Å². The highest BCUT2D eigenvalue weighted by atomic mass is 79.9. The number of carbonyl (C=O) groups excluding carboxylic acids is 1. The predicted molar refractivity (Wildman–Crippen MR) is 107 cm³/mol. The zero-order valence-corrected chi connectivity index (χ0v) is 15.8. The standard InChI is InChI=1S/C19H16BrN5O2/c20-13-5-1-2-6-14(13)23-18-12(17(21)26)10-22-19(25-18)24-15-7-3-4-11-8-9-27-16(11)15/h1-7,10H,8-9H2,(H2,21,26)(H2,22,23,24,25). The van der Waals surface area contributed by atoms with Gasteiger partial charge < -0.3 is 21.1 Å². The van der Waals surface area contributed by atoms with Gasteiger partial charge in [0.1, 0.15) is 17.1 Å². The normalized spacial score (nSPS) is 12.2. The van der Waals surface area contributed by atoms with Gasteiger partial charge in [-0.15, -0.1) is 0 Å². The lowest BCUT2D eigenvalue weighted by atomic mass is 10.1. The Morgan fingerprint density at radius 2 is 1.93 bits per heavy atom. The van der Waals surface area contributed by atoms with Crippen LogP contribution in [0.5, 0.6) is 5.75 Å². The van der Waals surface area contributed by atoms with Gasteiger partial charge in [-0.05, 0) is 39.7 Å². The Morgan fingerprint density at radius 3 is 2.74 bits per heavy atom. The van der Waals surface area contributed by atoms with Gasteiger partial charge in [-0.2, -0.15) is 4.98 Å². The van der Waals surface area contributed by atoms with E-state index in [0.29, 0.717) is 18.4 Å². The lowest BCUT2D eigenvalue weighted by Crippen LogP contribution is -2.16. The van der Waals surface area contributed by atoms with Crippen LogP contribution in [0.1, 0.15) is 15.9 Å². The van der Waals surface area contributed by atoms with Crippen LogP contribution < -0.4 is 21.1 Å². The maximum atomic E-state index is 11.8. The van der Waals surface area contributed by atoms with E-state index in [0.717, 1.165) is 33.6 Å². The van der Waals surface area contributed by atoms with Crippen molar-refractivity contribution in [2.24, 2.45) is 5.73 Å². The number of anilines is 4. The van der Waals surface area contributed by atoms with Crippen LogP contribution in [0.3, 0.4) is 0 Å². The molecule has 0 fully saturated rings. The Kier molecular flexibility index (Phi) is 4.64. The van der Waals surface area contributed by atoms with Crippen molar-refractivity contribution in [2.75, 3.05) is 17.2 Å². The van der Waals surface area contributed by atoms with Crippen molar-refractivity contribution in [3.63, 3.8) is 0 Å². The molecule has 0 bridgehead atoms. The number of halogens is 1. The largest absolute Gasteiger partial charge is 0.491 e. The molecular formula is C19H16BrN5O2. The van der Waals surface area contributed by atoms with Gasteiger partial charge >= 0.3 is 0 Å². The van der Waals surface area contributed by atoms with E-state index in [1.807, 2.05) is 42.5 Å². The molecule has 4 rings (SSSR count). The summed E-state index contributed by atoms with van der Waals surface area (Å²) in [6, 6.07) is 13.4. The Labute approximate surface area is 164 Å². The number of aromatic nitrogens is 2. The van der Waals surface area contributed by atoms with E-state index in [1.165, 1.54) is 6.20 Å². The number of fused-ring (bicyclic) bond motifs is 1. The summed E-state index contributed by atoms with van der Waals surface area (Å²) >= 11 is 3.47. The second-order valence-corrected chi connectivity index (χ2v) is 6.80. The molecule has 0 atom stereocenters. The number of hydrogen-bond donors (Lipinski definition) is 3. The second kappa shape index (κ2) is 7.24. The maximum absolute atomic E-state index is 11.8. The van der Waals surface area contributed by atoms with Crippen LogP contribution in [0.4, 0.5) is 23.1 Å². The molecule has 0 saturated carbocycles. The van der Waals surface area contributed by atoms with E-state index in [4.69, 9.17) is 10.5 Å². The lowest BCUT2D eigenvalue weighted by Gasteiger charge is -2.13. The first-order valence-electron chi connectivity index (χ1n) is 8.32. The van der Waals surface area contributed by atoms with Gasteiger partial charge in [0.2, 0.25) is 5.95 Å². The topological polar surface area (TPSA) is 102 Å². The van der Waals surface area contributed by atoms with Gasteiger partial charge in [0.25, 0.3) is 5.91 Å². The van der Waals surface area contributed by atoms with Crippen molar-refractivity contribution < 1.29 is 9.53 Å². The molecule has 3 aromatic rings. The van der Waals surface area contributed by atoms with Crippen LogP contribution >= 0.6 is 15.9 Å². The molecule has 27 heavy (non-hydrogen) atoms. The van der Waals surface area contributed by atoms with Crippen molar-refractivity contribution in [3.05, 3.63) is 64.3 Å². The molecule has 8 heteroatoms. The molecule has 0 aliphatic carbocycles. The molecule has 0 unspecified atom stereocenters. The first-order valence-corrected chi connectivity index (χ1v) is 9.11. The van der Waals surface area contributed by atoms with Crippen LogP contribution in [0, 0.1) is 0 Å². The third-order valence-corrected chi connectivity index (χ3v) is 4.83. The summed E-state index contributed by atoms with van der Waals surface area (Å²) in [4.78, 5) is 20.4. The molecule has 1 aromatic heterocycles. The van der Waals surface area contributed by atoms with Crippen molar-refractivity contribution in [2.45, 2.75) is 6.42 Å². The summed E-state index contributed by atoms with van der Waals surface area (Å²) in [6.45, 7) is 0.657. The predicted octanol–water partition coefficient (Wildman–Crippen LogP) is 3.76. The van der Waals surface area contributed by atoms with Gasteiger partial charge in [-0.25, -0.2) is 4.98 Å². The van der Waals surface area contributed by atoms with Crippen molar-refractivity contribution >= 4 is 45.0 Å². The fourth-order valence-electron chi connectivity index (χ4n) is 2.84. The van der Waals surface area contributed by atoms with Gasteiger partial charge in [0, 0.05) is 17.1 Å². The molecule has 1 aliphatic rings. The third kappa shape index (κ3) is 3.56. The Hall–Kier alpha value is -3.13. The van der Waals surface area contributed by atoms with Gasteiger partial charge in [-0.1, -0.05) is 24.3 Å². The number of primary amides is 1. The summed E-state index contributed by atoms with van der Waals surface area (Å²) < 4.78 is 6.53. The number of rotatable bonds is 5. The quantitative estimate of drug-likeness (QED) is 0.574. The first kappa shape index (κ1) is 17.3. The number of nitrogens with one attached hydrogen (secondary N) is 2. The molecule has 0 spiro atoms. The molecule has 0 saturated heterocycles. The van der Waals surface area contributed by atoms with Crippen LogP contribution in [-0.2, 0) is 6.42 Å². The number of amides is 1. The lowest BCUT2D eigenvalue weighted by molar-refractivity contribution is 0.100. The maximum Gasteiger partial charge on any atom is 0.254 e. The van der Waals surface area contributed by atoms with Crippen molar-refractivity contribution in [1.82, 2.24) is 9.97 Å². The monoisotopic (exact) mass is 425 g/mol. The number of benzene rings is 2. The van der Waals surface area contributed by atoms with Crippen LogP contribution in [0.2, 0.25) is 0 Å². The molecule has 1 aliphatic heterocycles. The van der Waals surface area contributed by atoms with Crippen LogP contribution in [0.15, 0.2) is 53.1 Å². The van der Waals surface area contributed by atoms with Gasteiger partial charge in [-0.3, -0.25) is 4.79 Å². The molecule has 2 heterocycles. The summed E-state index contributed by atoms with van der Waals surface area (Å²) in [7, 11) is 0. The fourth-order valence-corrected chi connectivity index (χ4v) is 3.23. The number of nitrogens with zero attached hydrogens (tertiary/aromatic N) is 2. The van der Waals surface area contributed by atoms with Gasteiger partial charge in [0.15, 0.2) is 0 Å². The molecule has 2 aromatic carbocycles. The molecule has 4 N–H and O–H groups in total. The second-order valence-electron chi connectivity index (χ2n) is 5.94. The molecule has 1 amide bonds. The number of ether oxygens (including phenoxy) is 1. The first-order chi connectivity index (χ1) is 13.1. The summed E-state index contributed by atoms with van der Waals surface area (Å²) in [5.74, 6) is 0.847. The number of nitrogens with two attached hydrogens (primary N) is 1. The highest BCUT2D eigenvalue weighted by Crippen LogP contribution is 2.35. The zero-order valence-electron chi connectivity index (χ0n) is 14.2. The number of hydrogen-bond acceptors (Lipinski definition) is 6. The average molecular weight is 426 g/mol. The van der Waals surface area contributed by atoms with Crippen LogP contribution in [-0.4, -0.2) is 22.5 Å². The average Bonchev–Trinajstić information content (AvgIpc) is 3.13. The number of carbonyl (C=O) groups is 1. The van der Waals surface area contributed by atoms with Crippen molar-refractivity contribution in [3.8, 4) is 5.75 Å². The van der Waals surface area contributed by atoms with E-state index < -0.39 is 5.91 Å². The molecule has 7 nitrogen and oxygen atoms in total. The summed E-state index contributed by atoms with van der Waals surface area (Å²) in [5.41, 5.74) is 8.35. The smallest absolute Gasteiger partial charge is 0.254 e. The molecule has 0 radical (unpaired) electrons. The van der Waals surface area contributed by atoms with E-state index in [9.17, 15) is 4.79 Å². The summed E-state index contributed by atoms with van der Waals surface area (Å²) in [6.07, 6.45) is 2.28. The minimum absolute atomic E-state index is 0.200. The summed E-state index contributed by atoms with van der Waals surface area (Å²) in [5, 5.41) is 6.29. The number of para-hydroxylation sites is 2. The Morgan fingerprint density at radius 1 is 1.11 bits per heavy atom. The van der Waals surface area contributed by atoms with Crippen LogP contribution in [0.25, 0.3) is 0 Å². The minimum atomic E-state index is -0.611. The third-order valence-electron chi connectivity index (χ3n) is 4.14. The zero-order chi connectivity index (χ0) is 18.8. The van der Waals surface area contributed by atoms with E-state index in [2.05, 4.69) is 36.5 Å². The van der Waals surface area contributed by atoms with E-state index in [-0.39, 0.29) is 5.56 Å². The van der Waals surface area contributed by atoms with E-state index in [1.54, 1.807) is 0 Å². The molecule has 136 valence electrons. The highest BCUT2D eigenvalue weighted by molar-refractivity contribution is 9.10. The van der Waals surface area contributed by atoms with Gasteiger partial charge in [0.05, 0.1) is 18.0 Å². The minimum Gasteiger partial charge on any atom is -0.491 e. The Balaban J connectivity index is 1.68. The van der Waals surface area contributed by atoms with Crippen molar-refractivity contribution in [1.29, 1.82) is 0 Å². The fraction of sp³-hybridized carbons (Fsp3) is 0.105. The highest BCUT2D eigenvalue weighted by Gasteiger charge is 2.18.